The molecule has 0 fully saturated rings. The third kappa shape index (κ3) is 7.97. The lowest BCUT2D eigenvalue weighted by molar-refractivity contribution is -0.140. The fourth-order valence-electron chi connectivity index (χ4n) is 3.59. The van der Waals surface area contributed by atoms with Crippen LogP contribution in [-0.4, -0.2) is 49.6 Å². The predicted molar refractivity (Wildman–Crippen MR) is 133 cm³/mol. The van der Waals surface area contributed by atoms with Crippen molar-refractivity contribution in [2.75, 3.05) is 26.9 Å². The lowest BCUT2D eigenvalue weighted by atomic mass is 10.1. The molecule has 2 aromatic rings. The molecular formula is C27H38N2O5. The average molecular weight is 471 g/mol. The van der Waals surface area contributed by atoms with Crippen molar-refractivity contribution < 1.29 is 23.8 Å². The number of methoxy groups -OCH3 is 1. The number of nitrogens with one attached hydrogen (secondary N) is 1. The Hall–Kier alpha value is -3.22. The van der Waals surface area contributed by atoms with Gasteiger partial charge in [-0.05, 0) is 69.0 Å². The van der Waals surface area contributed by atoms with E-state index in [-0.39, 0.29) is 18.2 Å². The zero-order valence-corrected chi connectivity index (χ0v) is 21.1. The van der Waals surface area contributed by atoms with E-state index in [2.05, 4.69) is 5.32 Å². The van der Waals surface area contributed by atoms with Crippen LogP contribution in [0.3, 0.4) is 0 Å². The quantitative estimate of drug-likeness (QED) is 0.444. The lowest BCUT2D eigenvalue weighted by Gasteiger charge is -2.29. The highest BCUT2D eigenvalue weighted by atomic mass is 16.5. The maximum absolute atomic E-state index is 13.3. The summed E-state index contributed by atoms with van der Waals surface area (Å²) in [7, 11) is 1.61. The van der Waals surface area contributed by atoms with Gasteiger partial charge in [0.2, 0.25) is 11.8 Å². The van der Waals surface area contributed by atoms with Gasteiger partial charge in [-0.15, -0.1) is 0 Å². The first-order valence-corrected chi connectivity index (χ1v) is 12.0. The van der Waals surface area contributed by atoms with Crippen molar-refractivity contribution in [1.29, 1.82) is 0 Å². The van der Waals surface area contributed by atoms with E-state index in [9.17, 15) is 9.59 Å². The Morgan fingerprint density at radius 2 is 1.71 bits per heavy atom. The first-order chi connectivity index (χ1) is 16.4. The molecule has 0 saturated carbocycles. The molecule has 7 heteroatoms. The van der Waals surface area contributed by atoms with E-state index in [1.165, 1.54) is 0 Å². The summed E-state index contributed by atoms with van der Waals surface area (Å²) in [5.74, 6) is 1.84. The summed E-state index contributed by atoms with van der Waals surface area (Å²) in [6, 6.07) is 12.7. The van der Waals surface area contributed by atoms with Crippen LogP contribution < -0.4 is 19.5 Å². The number of hydrogen-bond donors (Lipinski definition) is 1. The number of ether oxygens (including phenoxy) is 3. The van der Waals surface area contributed by atoms with Gasteiger partial charge >= 0.3 is 0 Å². The van der Waals surface area contributed by atoms with E-state index in [0.717, 1.165) is 17.5 Å². The molecule has 7 nitrogen and oxygen atoms in total. The van der Waals surface area contributed by atoms with Crippen LogP contribution in [0.15, 0.2) is 42.5 Å². The van der Waals surface area contributed by atoms with E-state index < -0.39 is 6.04 Å². The van der Waals surface area contributed by atoms with Crippen LogP contribution in [0.2, 0.25) is 0 Å². The lowest BCUT2D eigenvalue weighted by Crippen LogP contribution is -2.47. The minimum Gasteiger partial charge on any atom is -0.497 e. The highest BCUT2D eigenvalue weighted by molar-refractivity contribution is 5.87. The van der Waals surface area contributed by atoms with Crippen LogP contribution in [-0.2, 0) is 22.6 Å². The van der Waals surface area contributed by atoms with Crippen molar-refractivity contribution in [2.24, 2.45) is 0 Å². The van der Waals surface area contributed by atoms with Crippen molar-refractivity contribution in [3.8, 4) is 17.2 Å². The monoisotopic (exact) mass is 470 g/mol. The van der Waals surface area contributed by atoms with Crippen LogP contribution >= 0.6 is 0 Å². The Morgan fingerprint density at radius 3 is 2.38 bits per heavy atom. The molecule has 1 N–H and O–H groups in total. The Morgan fingerprint density at radius 1 is 0.971 bits per heavy atom. The molecule has 0 bridgehead atoms. The Kier molecular flexibility index (Phi) is 11.2. The number of amides is 2. The number of carbonyl (C=O) groups is 2. The van der Waals surface area contributed by atoms with E-state index in [4.69, 9.17) is 14.2 Å². The van der Waals surface area contributed by atoms with Crippen molar-refractivity contribution >= 4 is 11.8 Å². The number of rotatable bonds is 14. The van der Waals surface area contributed by atoms with Gasteiger partial charge in [0.05, 0.1) is 20.3 Å². The van der Waals surface area contributed by atoms with E-state index in [0.29, 0.717) is 50.0 Å². The molecule has 2 amide bonds. The van der Waals surface area contributed by atoms with Gasteiger partial charge < -0.3 is 24.4 Å². The molecule has 0 saturated heterocycles. The summed E-state index contributed by atoms with van der Waals surface area (Å²) in [5, 5.41) is 2.90. The molecule has 0 radical (unpaired) electrons. The minimum atomic E-state index is -0.593. The second-order valence-corrected chi connectivity index (χ2v) is 7.99. The molecule has 0 aliphatic heterocycles. The molecule has 0 aliphatic carbocycles. The zero-order chi connectivity index (χ0) is 24.9. The molecular weight excluding hydrogens is 432 g/mol. The third-order valence-electron chi connectivity index (χ3n) is 5.44. The van der Waals surface area contributed by atoms with E-state index in [1.807, 2.05) is 63.2 Å². The van der Waals surface area contributed by atoms with Crippen LogP contribution in [0, 0.1) is 0 Å². The molecule has 0 spiro atoms. The normalized spacial score (nSPS) is 11.4. The van der Waals surface area contributed by atoms with Crippen LogP contribution in [0.25, 0.3) is 0 Å². The van der Waals surface area contributed by atoms with E-state index >= 15 is 0 Å². The maximum atomic E-state index is 13.3. The molecule has 186 valence electrons. The van der Waals surface area contributed by atoms with Gasteiger partial charge in [0.1, 0.15) is 11.8 Å². The summed E-state index contributed by atoms with van der Waals surface area (Å²) in [6.45, 7) is 9.60. The minimum absolute atomic E-state index is 0.0891. The molecule has 0 unspecified atom stereocenters. The van der Waals surface area contributed by atoms with Gasteiger partial charge in [-0.2, -0.15) is 0 Å². The summed E-state index contributed by atoms with van der Waals surface area (Å²) in [5.41, 5.74) is 1.88. The highest BCUT2D eigenvalue weighted by Crippen LogP contribution is 2.29. The highest BCUT2D eigenvalue weighted by Gasteiger charge is 2.26. The number of aryl methyl sites for hydroxylation is 1. The Labute approximate surface area is 203 Å². The average Bonchev–Trinajstić information content (AvgIpc) is 2.85. The second kappa shape index (κ2) is 14.1. The maximum Gasteiger partial charge on any atom is 0.242 e. The standard InChI is InChI=1S/C27H38N2O5/c1-6-16-28-27(31)20(4)29(19-22-10-9-11-23(17-22)32-5)26(30)15-13-21-12-14-24(33-7-2)25(18-21)34-8-3/h9-12,14,17-18,20H,6-8,13,15-16,19H2,1-5H3,(H,28,31)/t20-/m0/s1. The molecule has 0 aliphatic rings. The van der Waals surface area contributed by atoms with E-state index in [1.54, 1.807) is 18.9 Å². The fraction of sp³-hybridized carbons (Fsp3) is 0.481. The first-order valence-electron chi connectivity index (χ1n) is 12.0. The fourth-order valence-corrected chi connectivity index (χ4v) is 3.59. The predicted octanol–water partition coefficient (Wildman–Crippen LogP) is 4.37. The van der Waals surface area contributed by atoms with Gasteiger partial charge in [0.25, 0.3) is 0 Å². The van der Waals surface area contributed by atoms with Crippen molar-refractivity contribution in [3.63, 3.8) is 0 Å². The van der Waals surface area contributed by atoms with Gasteiger partial charge in [-0.25, -0.2) is 0 Å². The molecule has 2 aromatic carbocycles. The van der Waals surface area contributed by atoms with Crippen molar-refractivity contribution in [2.45, 2.75) is 59.5 Å². The van der Waals surface area contributed by atoms with Gasteiger partial charge in [-0.1, -0.05) is 25.1 Å². The SMILES string of the molecule is CCCNC(=O)[C@H](C)N(Cc1cccc(OC)c1)C(=O)CCc1ccc(OCC)c(OCC)c1. The van der Waals surface area contributed by atoms with Crippen molar-refractivity contribution in [3.05, 3.63) is 53.6 Å². The largest absolute Gasteiger partial charge is 0.497 e. The third-order valence-corrected chi connectivity index (χ3v) is 5.44. The number of hydrogen-bond acceptors (Lipinski definition) is 5. The Balaban J connectivity index is 2.18. The summed E-state index contributed by atoms with van der Waals surface area (Å²) >= 11 is 0. The van der Waals surface area contributed by atoms with Gasteiger partial charge in [-0.3, -0.25) is 9.59 Å². The molecule has 1 atom stereocenters. The Bertz CT molecular complexity index is 931. The molecule has 2 rings (SSSR count). The topological polar surface area (TPSA) is 77.1 Å². The zero-order valence-electron chi connectivity index (χ0n) is 21.1. The molecule has 34 heavy (non-hydrogen) atoms. The van der Waals surface area contributed by atoms with Crippen LogP contribution in [0.1, 0.15) is 51.7 Å². The number of benzene rings is 2. The van der Waals surface area contributed by atoms with Crippen molar-refractivity contribution in [1.82, 2.24) is 10.2 Å². The molecule has 0 aromatic heterocycles. The number of carbonyl (C=O) groups excluding carboxylic acids is 2. The van der Waals surface area contributed by atoms with Gasteiger partial charge in [0, 0.05) is 19.5 Å². The summed E-state index contributed by atoms with van der Waals surface area (Å²) < 4.78 is 16.7. The van der Waals surface area contributed by atoms with Crippen LogP contribution in [0.5, 0.6) is 17.2 Å². The second-order valence-electron chi connectivity index (χ2n) is 7.99. The smallest absolute Gasteiger partial charge is 0.242 e. The summed E-state index contributed by atoms with van der Waals surface area (Å²) in [4.78, 5) is 27.7. The summed E-state index contributed by atoms with van der Waals surface area (Å²) in [6.07, 6.45) is 1.64. The van der Waals surface area contributed by atoms with Gasteiger partial charge in [0.15, 0.2) is 11.5 Å². The van der Waals surface area contributed by atoms with Crippen LogP contribution in [0.4, 0.5) is 0 Å². The number of nitrogens with zero attached hydrogens (tertiary/aromatic N) is 1. The molecule has 0 heterocycles. The first kappa shape index (κ1) is 27.0.